The van der Waals surface area contributed by atoms with Crippen LogP contribution in [0.3, 0.4) is 0 Å². The predicted octanol–water partition coefficient (Wildman–Crippen LogP) is 1.71. The van der Waals surface area contributed by atoms with Crippen LogP contribution in [0.4, 0.5) is 5.82 Å². The number of hydrogen-bond donors (Lipinski definition) is 2. The highest BCUT2D eigenvalue weighted by atomic mass is 16.1. The third-order valence-electron chi connectivity index (χ3n) is 3.76. The second-order valence-corrected chi connectivity index (χ2v) is 5.02. The summed E-state index contributed by atoms with van der Waals surface area (Å²) in [5, 5.41) is 7.19. The summed E-state index contributed by atoms with van der Waals surface area (Å²) in [5.74, 6) is 0.512. The van der Waals surface area contributed by atoms with Crippen molar-refractivity contribution in [3.05, 3.63) is 47.7 Å². The molecule has 0 fully saturated rings. The first-order chi connectivity index (χ1) is 9.79. The lowest BCUT2D eigenvalue weighted by molar-refractivity contribution is -0.114. The number of nitrogens with one attached hydrogen (secondary N) is 1. The molecule has 0 bridgehead atoms. The molecular weight excluding hydrogens is 252 g/mol. The maximum atomic E-state index is 11.5. The first kappa shape index (κ1) is 12.9. The Kier molecular flexibility index (Phi) is 3.52. The van der Waals surface area contributed by atoms with Crippen LogP contribution in [-0.2, 0) is 11.2 Å². The maximum absolute atomic E-state index is 11.5. The number of rotatable bonds is 3. The summed E-state index contributed by atoms with van der Waals surface area (Å²) in [6.45, 7) is -0.0214. The van der Waals surface area contributed by atoms with Gasteiger partial charge in [0.2, 0.25) is 5.91 Å². The second kappa shape index (κ2) is 5.46. The summed E-state index contributed by atoms with van der Waals surface area (Å²) in [6, 6.07) is 10.4. The largest absolute Gasteiger partial charge is 0.322 e. The third kappa shape index (κ3) is 2.32. The molecule has 0 spiro atoms. The molecule has 1 heterocycles. The van der Waals surface area contributed by atoms with Crippen molar-refractivity contribution in [3.63, 3.8) is 0 Å². The fourth-order valence-corrected chi connectivity index (χ4v) is 2.84. The minimum Gasteiger partial charge on any atom is -0.322 e. The Morgan fingerprint density at radius 1 is 1.40 bits per heavy atom. The van der Waals surface area contributed by atoms with Gasteiger partial charge >= 0.3 is 0 Å². The van der Waals surface area contributed by atoms with Gasteiger partial charge in [0.1, 0.15) is 5.82 Å². The Hall–Kier alpha value is -2.14. The fourth-order valence-electron chi connectivity index (χ4n) is 2.84. The van der Waals surface area contributed by atoms with Gasteiger partial charge in [0.15, 0.2) is 0 Å². The average molecular weight is 270 g/mol. The summed E-state index contributed by atoms with van der Waals surface area (Å²) >= 11 is 0. The van der Waals surface area contributed by atoms with Crippen molar-refractivity contribution in [1.29, 1.82) is 0 Å². The van der Waals surface area contributed by atoms with Crippen molar-refractivity contribution in [2.45, 2.75) is 25.3 Å². The minimum absolute atomic E-state index is 0.0214. The predicted molar refractivity (Wildman–Crippen MR) is 77.4 cm³/mol. The lowest BCUT2D eigenvalue weighted by Gasteiger charge is -2.27. The van der Waals surface area contributed by atoms with E-state index in [-0.39, 0.29) is 18.5 Å². The number of hydrogen-bond acceptors (Lipinski definition) is 3. The van der Waals surface area contributed by atoms with Crippen LogP contribution < -0.4 is 11.1 Å². The summed E-state index contributed by atoms with van der Waals surface area (Å²) < 4.78 is 1.89. The van der Waals surface area contributed by atoms with E-state index in [0.29, 0.717) is 5.82 Å². The van der Waals surface area contributed by atoms with Gasteiger partial charge in [-0.3, -0.25) is 4.79 Å². The number of anilines is 1. The van der Waals surface area contributed by atoms with Gasteiger partial charge in [-0.05, 0) is 30.4 Å². The molecule has 5 heteroatoms. The van der Waals surface area contributed by atoms with Crippen LogP contribution in [0.15, 0.2) is 36.5 Å². The molecule has 1 atom stereocenters. The number of nitrogens with zero attached hydrogens (tertiary/aromatic N) is 2. The monoisotopic (exact) mass is 270 g/mol. The Morgan fingerprint density at radius 3 is 3.10 bits per heavy atom. The standard InChI is InChI=1S/C15H18N4O/c16-10-15(20)18-14-8-9-17-19(14)13-7-3-5-11-4-1-2-6-12(11)13/h1-2,4,6,8-9,13H,3,5,7,10,16H2,(H,18,20). The molecular formula is C15H18N4O. The quantitative estimate of drug-likeness (QED) is 0.891. The van der Waals surface area contributed by atoms with E-state index in [1.54, 1.807) is 6.20 Å². The summed E-state index contributed by atoms with van der Waals surface area (Å²) in [6.07, 6.45) is 4.98. The molecule has 0 radical (unpaired) electrons. The van der Waals surface area contributed by atoms with E-state index < -0.39 is 0 Å². The van der Waals surface area contributed by atoms with Gasteiger partial charge in [0, 0.05) is 6.07 Å². The molecule has 20 heavy (non-hydrogen) atoms. The molecule has 0 saturated carbocycles. The molecule has 3 rings (SSSR count). The molecule has 5 nitrogen and oxygen atoms in total. The van der Waals surface area contributed by atoms with Crippen LogP contribution in [0, 0.1) is 0 Å². The van der Waals surface area contributed by atoms with Gasteiger partial charge in [-0.1, -0.05) is 24.3 Å². The van der Waals surface area contributed by atoms with Gasteiger partial charge in [-0.25, -0.2) is 4.68 Å². The zero-order valence-corrected chi connectivity index (χ0v) is 11.2. The number of carbonyl (C=O) groups excluding carboxylic acids is 1. The smallest absolute Gasteiger partial charge is 0.239 e. The van der Waals surface area contributed by atoms with Crippen molar-refractivity contribution in [3.8, 4) is 0 Å². The molecule has 1 amide bonds. The Morgan fingerprint density at radius 2 is 2.25 bits per heavy atom. The topological polar surface area (TPSA) is 72.9 Å². The zero-order valence-electron chi connectivity index (χ0n) is 11.2. The number of carbonyl (C=O) groups is 1. The van der Waals surface area contributed by atoms with E-state index in [0.717, 1.165) is 19.3 Å². The van der Waals surface area contributed by atoms with Crippen LogP contribution in [0.2, 0.25) is 0 Å². The van der Waals surface area contributed by atoms with Gasteiger partial charge in [-0.15, -0.1) is 0 Å². The molecule has 1 aromatic carbocycles. The zero-order chi connectivity index (χ0) is 13.9. The molecule has 0 saturated heterocycles. The molecule has 1 aromatic heterocycles. The SMILES string of the molecule is NCC(=O)Nc1ccnn1C1CCCc2ccccc21. The normalized spacial score (nSPS) is 17.6. The Bertz CT molecular complexity index is 620. The van der Waals surface area contributed by atoms with E-state index in [1.165, 1.54) is 11.1 Å². The first-order valence-corrected chi connectivity index (χ1v) is 6.91. The summed E-state index contributed by atoms with van der Waals surface area (Å²) in [7, 11) is 0. The van der Waals surface area contributed by atoms with Gasteiger partial charge in [0.25, 0.3) is 0 Å². The number of aromatic nitrogens is 2. The van der Waals surface area contributed by atoms with Gasteiger partial charge in [-0.2, -0.15) is 5.10 Å². The van der Waals surface area contributed by atoms with E-state index >= 15 is 0 Å². The second-order valence-electron chi connectivity index (χ2n) is 5.02. The number of benzene rings is 1. The van der Waals surface area contributed by atoms with Crippen LogP contribution in [0.25, 0.3) is 0 Å². The van der Waals surface area contributed by atoms with Crippen LogP contribution in [0.5, 0.6) is 0 Å². The molecule has 2 aromatic rings. The molecule has 1 aliphatic carbocycles. The summed E-state index contributed by atoms with van der Waals surface area (Å²) in [4.78, 5) is 11.5. The number of fused-ring (bicyclic) bond motifs is 1. The lowest BCUT2D eigenvalue weighted by Crippen LogP contribution is -2.26. The lowest BCUT2D eigenvalue weighted by atomic mass is 9.88. The summed E-state index contributed by atoms with van der Waals surface area (Å²) in [5.41, 5.74) is 8.02. The third-order valence-corrected chi connectivity index (χ3v) is 3.76. The fraction of sp³-hybridized carbons (Fsp3) is 0.333. The van der Waals surface area contributed by atoms with Gasteiger partial charge in [0.05, 0.1) is 18.8 Å². The highest BCUT2D eigenvalue weighted by Crippen LogP contribution is 2.33. The average Bonchev–Trinajstić information content (AvgIpc) is 2.94. The molecule has 0 aliphatic heterocycles. The van der Waals surface area contributed by atoms with Crippen molar-refractivity contribution < 1.29 is 4.79 Å². The van der Waals surface area contributed by atoms with Crippen LogP contribution in [0.1, 0.15) is 30.0 Å². The highest BCUT2D eigenvalue weighted by Gasteiger charge is 2.23. The van der Waals surface area contributed by atoms with Crippen LogP contribution in [-0.4, -0.2) is 22.2 Å². The molecule has 104 valence electrons. The van der Waals surface area contributed by atoms with E-state index in [4.69, 9.17) is 5.73 Å². The molecule has 1 aliphatic rings. The Labute approximate surface area is 117 Å². The molecule has 3 N–H and O–H groups in total. The van der Waals surface area contributed by atoms with E-state index in [1.807, 2.05) is 10.7 Å². The minimum atomic E-state index is -0.198. The van der Waals surface area contributed by atoms with Crippen molar-refractivity contribution in [1.82, 2.24) is 9.78 Å². The maximum Gasteiger partial charge on any atom is 0.239 e. The number of amides is 1. The van der Waals surface area contributed by atoms with E-state index in [9.17, 15) is 4.79 Å². The first-order valence-electron chi connectivity index (χ1n) is 6.91. The van der Waals surface area contributed by atoms with Crippen LogP contribution >= 0.6 is 0 Å². The highest BCUT2D eigenvalue weighted by molar-refractivity contribution is 5.91. The van der Waals surface area contributed by atoms with Crippen molar-refractivity contribution in [2.24, 2.45) is 5.73 Å². The van der Waals surface area contributed by atoms with Crippen molar-refractivity contribution >= 4 is 11.7 Å². The van der Waals surface area contributed by atoms with E-state index in [2.05, 4.69) is 34.7 Å². The number of nitrogens with two attached hydrogens (primary N) is 1. The Balaban J connectivity index is 1.95. The van der Waals surface area contributed by atoms with Crippen molar-refractivity contribution in [2.75, 3.05) is 11.9 Å². The van der Waals surface area contributed by atoms with Gasteiger partial charge < -0.3 is 11.1 Å². The molecule has 1 unspecified atom stereocenters. The number of aryl methyl sites for hydroxylation is 1.